The van der Waals surface area contributed by atoms with Crippen molar-refractivity contribution in [3.63, 3.8) is 0 Å². The Morgan fingerprint density at radius 3 is 2.57 bits per heavy atom. The van der Waals surface area contributed by atoms with Crippen molar-refractivity contribution in [3.05, 3.63) is 47.6 Å². The Morgan fingerprint density at radius 2 is 1.93 bits per heavy atom. The van der Waals surface area contributed by atoms with E-state index >= 15 is 0 Å². The highest BCUT2D eigenvalue weighted by Crippen LogP contribution is 2.30. The van der Waals surface area contributed by atoms with Gasteiger partial charge in [-0.1, -0.05) is 13.8 Å². The van der Waals surface area contributed by atoms with Gasteiger partial charge in [-0.25, -0.2) is 14.4 Å². The summed E-state index contributed by atoms with van der Waals surface area (Å²) in [5.41, 5.74) is 2.25. The second-order valence-corrected chi connectivity index (χ2v) is 8.37. The largest absolute Gasteiger partial charge is 0.447 e. The molecule has 4 rings (SSSR count). The van der Waals surface area contributed by atoms with Crippen molar-refractivity contribution in [2.45, 2.75) is 39.2 Å². The van der Waals surface area contributed by atoms with Crippen LogP contribution in [0.4, 0.5) is 4.39 Å². The Hall–Kier alpha value is -2.51. The Bertz CT molecular complexity index is 1060. The molecule has 3 aromatic rings. The van der Waals surface area contributed by atoms with Crippen LogP contribution in [-0.2, 0) is 0 Å². The first kappa shape index (κ1) is 22.2. The highest BCUT2D eigenvalue weighted by molar-refractivity contribution is 5.96. The van der Waals surface area contributed by atoms with E-state index in [2.05, 4.69) is 15.3 Å². The van der Waals surface area contributed by atoms with Gasteiger partial charge in [0.05, 0.1) is 11.2 Å². The summed E-state index contributed by atoms with van der Waals surface area (Å²) in [7, 11) is 0. The number of furan rings is 1. The molecule has 0 unspecified atom stereocenters. The van der Waals surface area contributed by atoms with E-state index in [0.717, 1.165) is 18.8 Å². The molecule has 8 heteroatoms. The Labute approximate surface area is 181 Å². The lowest BCUT2D eigenvalue weighted by atomic mass is 10.00. The van der Waals surface area contributed by atoms with Gasteiger partial charge in [-0.15, -0.1) is 12.4 Å². The van der Waals surface area contributed by atoms with Crippen LogP contribution in [0.1, 0.15) is 49.9 Å². The van der Waals surface area contributed by atoms with Gasteiger partial charge in [0.1, 0.15) is 11.3 Å². The summed E-state index contributed by atoms with van der Waals surface area (Å²) in [6.45, 7) is 10.2. The summed E-state index contributed by atoms with van der Waals surface area (Å²) in [6, 6.07) is 7.76. The number of hydrogen-bond donors (Lipinski definition) is 1. The first-order valence-corrected chi connectivity index (χ1v) is 9.86. The van der Waals surface area contributed by atoms with E-state index < -0.39 is 0 Å². The van der Waals surface area contributed by atoms with Crippen molar-refractivity contribution in [2.24, 2.45) is 0 Å². The number of aromatic nitrogens is 2. The molecule has 1 aromatic carbocycles. The van der Waals surface area contributed by atoms with E-state index in [9.17, 15) is 9.18 Å². The van der Waals surface area contributed by atoms with Crippen molar-refractivity contribution in [1.82, 2.24) is 20.2 Å². The molecule has 1 N–H and O–H groups in total. The molecule has 1 aliphatic heterocycles. The van der Waals surface area contributed by atoms with Gasteiger partial charge in [-0.2, -0.15) is 0 Å². The maximum Gasteiger partial charge on any atom is 0.290 e. The third-order valence-corrected chi connectivity index (χ3v) is 5.30. The number of fused-ring (bicyclic) bond motifs is 1. The standard InChI is InChI=1S/C22H25FN4O2.ClH/c1-13(2)18-19-16(25-20(26-18)14-5-7-15(23)8-6-14)11-17(29-19)21(28)27-10-9-24-12-22(27,3)4;/h5-8,11,13,24H,9-10,12H2,1-4H3;1H. The number of amides is 1. The normalized spacial score (nSPS) is 16.0. The third-order valence-electron chi connectivity index (χ3n) is 5.30. The van der Waals surface area contributed by atoms with E-state index in [1.54, 1.807) is 18.2 Å². The van der Waals surface area contributed by atoms with Crippen LogP contribution in [0, 0.1) is 5.82 Å². The zero-order valence-corrected chi connectivity index (χ0v) is 18.3. The highest BCUT2D eigenvalue weighted by atomic mass is 35.5. The molecule has 1 amide bonds. The number of nitrogens with zero attached hydrogens (tertiary/aromatic N) is 3. The summed E-state index contributed by atoms with van der Waals surface area (Å²) in [5, 5.41) is 3.32. The molecule has 2 aromatic heterocycles. The van der Waals surface area contributed by atoms with Gasteiger partial charge in [0.2, 0.25) is 0 Å². The predicted octanol–water partition coefficient (Wildman–Crippen LogP) is 4.40. The summed E-state index contributed by atoms with van der Waals surface area (Å²) < 4.78 is 19.3. The van der Waals surface area contributed by atoms with Gasteiger partial charge in [0.15, 0.2) is 17.2 Å². The molecule has 0 aliphatic carbocycles. The van der Waals surface area contributed by atoms with Gasteiger partial charge in [0, 0.05) is 31.3 Å². The minimum atomic E-state index is -0.311. The highest BCUT2D eigenvalue weighted by Gasteiger charge is 2.35. The molecule has 1 saturated heterocycles. The van der Waals surface area contributed by atoms with Gasteiger partial charge in [0.25, 0.3) is 5.91 Å². The first-order chi connectivity index (χ1) is 13.8. The third kappa shape index (κ3) is 4.04. The van der Waals surface area contributed by atoms with Gasteiger partial charge < -0.3 is 14.6 Å². The molecular weight excluding hydrogens is 407 g/mol. The maximum absolute atomic E-state index is 13.3. The number of nitrogens with one attached hydrogen (secondary N) is 1. The van der Waals surface area contributed by atoms with Crippen molar-refractivity contribution in [1.29, 1.82) is 0 Å². The number of carbonyl (C=O) groups excluding carboxylic acids is 1. The van der Waals surface area contributed by atoms with E-state index in [4.69, 9.17) is 4.42 Å². The van der Waals surface area contributed by atoms with E-state index in [0.29, 0.717) is 29.0 Å². The van der Waals surface area contributed by atoms with Crippen molar-refractivity contribution in [2.75, 3.05) is 19.6 Å². The average molecular weight is 433 g/mol. The van der Waals surface area contributed by atoms with Crippen LogP contribution in [-0.4, -0.2) is 45.9 Å². The number of carbonyl (C=O) groups is 1. The summed E-state index contributed by atoms with van der Waals surface area (Å²) in [4.78, 5) is 24.3. The van der Waals surface area contributed by atoms with Crippen LogP contribution in [0.3, 0.4) is 0 Å². The van der Waals surface area contributed by atoms with Crippen molar-refractivity contribution < 1.29 is 13.6 Å². The minimum absolute atomic E-state index is 0. The molecular formula is C22H26ClFN4O2. The lowest BCUT2D eigenvalue weighted by Gasteiger charge is -2.42. The smallest absolute Gasteiger partial charge is 0.290 e. The first-order valence-electron chi connectivity index (χ1n) is 9.86. The summed E-state index contributed by atoms with van der Waals surface area (Å²) >= 11 is 0. The predicted molar refractivity (Wildman–Crippen MR) is 117 cm³/mol. The SMILES string of the molecule is CC(C)c1nc(-c2ccc(F)cc2)nc2cc(C(=O)N3CCNCC3(C)C)oc12.Cl. The lowest BCUT2D eigenvalue weighted by Crippen LogP contribution is -2.59. The molecule has 0 saturated carbocycles. The topological polar surface area (TPSA) is 71.3 Å². The molecule has 6 nitrogen and oxygen atoms in total. The molecule has 3 heterocycles. The van der Waals surface area contributed by atoms with Crippen molar-refractivity contribution in [3.8, 4) is 11.4 Å². The van der Waals surface area contributed by atoms with Crippen molar-refractivity contribution >= 4 is 29.4 Å². The van der Waals surface area contributed by atoms with E-state index in [1.165, 1.54) is 12.1 Å². The fourth-order valence-corrected chi connectivity index (χ4v) is 3.67. The fraction of sp³-hybridized carbons (Fsp3) is 0.409. The number of hydrogen-bond acceptors (Lipinski definition) is 5. The molecule has 0 bridgehead atoms. The van der Waals surface area contributed by atoms with Crippen LogP contribution in [0.25, 0.3) is 22.5 Å². The number of benzene rings is 1. The number of rotatable bonds is 3. The molecule has 160 valence electrons. The molecule has 1 fully saturated rings. The Morgan fingerprint density at radius 1 is 1.23 bits per heavy atom. The van der Waals surface area contributed by atoms with Gasteiger partial charge in [-0.3, -0.25) is 4.79 Å². The zero-order chi connectivity index (χ0) is 20.8. The van der Waals surface area contributed by atoms with E-state index in [1.807, 2.05) is 32.6 Å². The van der Waals surface area contributed by atoms with Gasteiger partial charge in [-0.05, 0) is 44.0 Å². The lowest BCUT2D eigenvalue weighted by molar-refractivity contribution is 0.0448. The zero-order valence-electron chi connectivity index (χ0n) is 17.5. The van der Waals surface area contributed by atoms with Crippen LogP contribution in [0.5, 0.6) is 0 Å². The molecule has 30 heavy (non-hydrogen) atoms. The number of piperazine rings is 1. The number of halogens is 2. The molecule has 0 radical (unpaired) electrons. The fourth-order valence-electron chi connectivity index (χ4n) is 3.67. The van der Waals surface area contributed by atoms with Crippen LogP contribution >= 0.6 is 12.4 Å². The molecule has 0 spiro atoms. The Balaban J connectivity index is 0.00000256. The van der Waals surface area contributed by atoms with Crippen LogP contribution in [0.2, 0.25) is 0 Å². The van der Waals surface area contributed by atoms with Gasteiger partial charge >= 0.3 is 0 Å². The Kier molecular flexibility index (Phi) is 6.15. The van der Waals surface area contributed by atoms with Crippen LogP contribution < -0.4 is 5.32 Å². The van der Waals surface area contributed by atoms with Crippen LogP contribution in [0.15, 0.2) is 34.7 Å². The molecule has 0 atom stereocenters. The second-order valence-electron chi connectivity index (χ2n) is 8.37. The quantitative estimate of drug-likeness (QED) is 0.664. The summed E-state index contributed by atoms with van der Waals surface area (Å²) in [6.07, 6.45) is 0. The summed E-state index contributed by atoms with van der Waals surface area (Å²) in [5.74, 6) is 0.372. The second kappa shape index (κ2) is 8.32. The minimum Gasteiger partial charge on any atom is -0.447 e. The monoisotopic (exact) mass is 432 g/mol. The molecule has 1 aliphatic rings. The maximum atomic E-state index is 13.3. The van der Waals surface area contributed by atoms with E-state index in [-0.39, 0.29) is 41.3 Å². The average Bonchev–Trinajstić information content (AvgIpc) is 3.11.